The van der Waals surface area contributed by atoms with Crippen molar-refractivity contribution in [1.82, 2.24) is 19.1 Å². The third-order valence-corrected chi connectivity index (χ3v) is 5.69. The summed E-state index contributed by atoms with van der Waals surface area (Å²) in [5.74, 6) is 0. The lowest BCUT2D eigenvalue weighted by Gasteiger charge is -2.39. The fraction of sp³-hybridized carbons (Fsp3) is 0.429. The summed E-state index contributed by atoms with van der Waals surface area (Å²) in [6, 6.07) is 9.64. The van der Waals surface area contributed by atoms with Gasteiger partial charge in [0.05, 0.1) is 6.61 Å². The Morgan fingerprint density at radius 3 is 2.64 bits per heavy atom. The van der Waals surface area contributed by atoms with E-state index >= 15 is 0 Å². The first-order valence-corrected chi connectivity index (χ1v) is 8.41. The van der Waals surface area contributed by atoms with E-state index in [-0.39, 0.29) is 11.7 Å². The Morgan fingerprint density at radius 2 is 2.00 bits per heavy atom. The highest BCUT2D eigenvalue weighted by Gasteiger charge is 2.40. The van der Waals surface area contributed by atoms with E-state index < -0.39 is 15.6 Å². The van der Waals surface area contributed by atoms with Crippen LogP contribution in [-0.2, 0) is 27.4 Å². The minimum absolute atomic E-state index is 0.0511. The molecule has 1 fully saturated rings. The van der Waals surface area contributed by atoms with E-state index in [4.69, 9.17) is 4.74 Å². The van der Waals surface area contributed by atoms with Crippen molar-refractivity contribution in [3.05, 3.63) is 42.2 Å². The SMILES string of the molecule is Cn1cnnc1S(=O)(=O)N1CCOC(C)(c2ccccc2)C1. The maximum Gasteiger partial charge on any atom is 0.278 e. The van der Waals surface area contributed by atoms with Crippen molar-refractivity contribution in [2.45, 2.75) is 17.7 Å². The summed E-state index contributed by atoms with van der Waals surface area (Å²) < 4.78 is 34.2. The summed E-state index contributed by atoms with van der Waals surface area (Å²) in [6.45, 7) is 2.78. The van der Waals surface area contributed by atoms with Crippen LogP contribution in [0.2, 0.25) is 0 Å². The molecule has 0 radical (unpaired) electrons. The van der Waals surface area contributed by atoms with Crippen molar-refractivity contribution in [1.29, 1.82) is 0 Å². The highest BCUT2D eigenvalue weighted by Crippen LogP contribution is 2.31. The third-order valence-electron chi connectivity index (χ3n) is 3.86. The number of hydrogen-bond acceptors (Lipinski definition) is 5. The van der Waals surface area contributed by atoms with Gasteiger partial charge < -0.3 is 9.30 Å². The predicted octanol–water partition coefficient (Wildman–Crippen LogP) is 0.751. The number of aromatic nitrogens is 3. The lowest BCUT2D eigenvalue weighted by molar-refractivity contribution is -0.0821. The Bertz CT molecular complexity index is 759. The number of hydrogen-bond donors (Lipinski definition) is 0. The van der Waals surface area contributed by atoms with Crippen LogP contribution in [0.3, 0.4) is 0 Å². The molecular formula is C14H18N4O3S. The Labute approximate surface area is 129 Å². The molecule has 0 saturated carbocycles. The van der Waals surface area contributed by atoms with Gasteiger partial charge in [-0.2, -0.15) is 4.31 Å². The van der Waals surface area contributed by atoms with Crippen LogP contribution in [0.15, 0.2) is 41.8 Å². The minimum Gasteiger partial charge on any atom is -0.368 e. The van der Waals surface area contributed by atoms with E-state index in [9.17, 15) is 8.42 Å². The first kappa shape index (κ1) is 15.1. The lowest BCUT2D eigenvalue weighted by Crippen LogP contribution is -2.50. The van der Waals surface area contributed by atoms with Gasteiger partial charge in [0.1, 0.15) is 11.9 Å². The Hall–Kier alpha value is -1.77. The fourth-order valence-electron chi connectivity index (χ4n) is 2.63. The molecule has 1 unspecified atom stereocenters. The van der Waals surface area contributed by atoms with Gasteiger partial charge in [-0.05, 0) is 12.5 Å². The molecule has 2 heterocycles. The molecule has 0 aliphatic carbocycles. The van der Waals surface area contributed by atoms with Crippen LogP contribution < -0.4 is 0 Å². The van der Waals surface area contributed by atoms with Crippen LogP contribution in [0.5, 0.6) is 0 Å². The molecule has 0 spiro atoms. The number of aryl methyl sites for hydroxylation is 1. The Balaban J connectivity index is 1.92. The molecule has 8 heteroatoms. The van der Waals surface area contributed by atoms with Gasteiger partial charge in [-0.25, -0.2) is 8.42 Å². The van der Waals surface area contributed by atoms with Crippen LogP contribution in [0, 0.1) is 0 Å². The van der Waals surface area contributed by atoms with Crippen molar-refractivity contribution in [3.63, 3.8) is 0 Å². The maximum absolute atomic E-state index is 12.7. The highest BCUT2D eigenvalue weighted by molar-refractivity contribution is 7.89. The van der Waals surface area contributed by atoms with Gasteiger partial charge in [-0.1, -0.05) is 30.3 Å². The Kier molecular flexibility index (Phi) is 3.75. The average Bonchev–Trinajstić information content (AvgIpc) is 2.95. The summed E-state index contributed by atoms with van der Waals surface area (Å²) in [5.41, 5.74) is 0.276. The molecular weight excluding hydrogens is 304 g/mol. The van der Waals surface area contributed by atoms with Crippen LogP contribution in [-0.4, -0.2) is 47.2 Å². The van der Waals surface area contributed by atoms with Crippen LogP contribution in [0.25, 0.3) is 0 Å². The molecule has 0 amide bonds. The van der Waals surface area contributed by atoms with E-state index in [0.717, 1.165) is 5.56 Å². The van der Waals surface area contributed by atoms with Gasteiger partial charge in [-0.3, -0.25) is 0 Å². The number of nitrogens with zero attached hydrogens (tertiary/aromatic N) is 4. The standard InChI is InChI=1S/C14H18N4O3S/c1-14(12-6-4-3-5-7-12)10-18(8-9-21-14)22(19,20)13-16-15-11-17(13)2/h3-7,11H,8-10H2,1-2H3. The van der Waals surface area contributed by atoms with Gasteiger partial charge in [0, 0.05) is 20.1 Å². The summed E-state index contributed by atoms with van der Waals surface area (Å²) in [4.78, 5) is 0. The molecule has 118 valence electrons. The zero-order valence-corrected chi connectivity index (χ0v) is 13.3. The number of benzene rings is 1. The number of morpholine rings is 1. The molecule has 0 N–H and O–H groups in total. The molecule has 1 aromatic heterocycles. The topological polar surface area (TPSA) is 77.3 Å². The largest absolute Gasteiger partial charge is 0.368 e. The normalized spacial score (nSPS) is 23.5. The van der Waals surface area contributed by atoms with E-state index in [2.05, 4.69) is 10.2 Å². The van der Waals surface area contributed by atoms with Gasteiger partial charge >= 0.3 is 0 Å². The molecule has 1 atom stereocenters. The van der Waals surface area contributed by atoms with Gasteiger partial charge in [0.2, 0.25) is 0 Å². The summed E-state index contributed by atoms with van der Waals surface area (Å²) in [6.07, 6.45) is 1.38. The minimum atomic E-state index is -3.69. The highest BCUT2D eigenvalue weighted by atomic mass is 32.2. The first-order valence-electron chi connectivity index (χ1n) is 6.97. The summed E-state index contributed by atoms with van der Waals surface area (Å²) >= 11 is 0. The molecule has 7 nitrogen and oxygen atoms in total. The zero-order valence-electron chi connectivity index (χ0n) is 12.5. The number of ether oxygens (including phenoxy) is 1. The summed E-state index contributed by atoms with van der Waals surface area (Å²) in [5, 5.41) is 7.33. The van der Waals surface area contributed by atoms with Crippen LogP contribution in [0.4, 0.5) is 0 Å². The zero-order chi connectivity index (χ0) is 15.8. The predicted molar refractivity (Wildman–Crippen MR) is 79.5 cm³/mol. The molecule has 1 aromatic carbocycles. The van der Waals surface area contributed by atoms with Crippen molar-refractivity contribution in [2.75, 3.05) is 19.7 Å². The second-order valence-corrected chi connectivity index (χ2v) is 7.34. The van der Waals surface area contributed by atoms with Crippen molar-refractivity contribution in [2.24, 2.45) is 7.05 Å². The lowest BCUT2D eigenvalue weighted by atomic mass is 9.95. The molecule has 1 aliphatic rings. The van der Waals surface area contributed by atoms with Gasteiger partial charge in [0.25, 0.3) is 15.2 Å². The first-order chi connectivity index (χ1) is 10.4. The second kappa shape index (κ2) is 5.45. The van der Waals surface area contributed by atoms with Gasteiger partial charge in [-0.15, -0.1) is 10.2 Å². The van der Waals surface area contributed by atoms with Crippen LogP contribution >= 0.6 is 0 Å². The van der Waals surface area contributed by atoms with E-state index in [1.165, 1.54) is 15.2 Å². The van der Waals surface area contributed by atoms with Gasteiger partial charge in [0.15, 0.2) is 0 Å². The van der Waals surface area contributed by atoms with Crippen molar-refractivity contribution >= 4 is 10.0 Å². The number of rotatable bonds is 3. The molecule has 22 heavy (non-hydrogen) atoms. The molecule has 3 rings (SSSR count). The fourth-order valence-corrected chi connectivity index (χ4v) is 4.15. The quantitative estimate of drug-likeness (QED) is 0.833. The maximum atomic E-state index is 12.7. The second-order valence-electron chi connectivity index (χ2n) is 5.51. The van der Waals surface area contributed by atoms with E-state index in [1.54, 1.807) is 7.05 Å². The third kappa shape index (κ3) is 2.53. The molecule has 1 saturated heterocycles. The van der Waals surface area contributed by atoms with Crippen molar-refractivity contribution in [3.8, 4) is 0 Å². The molecule has 1 aliphatic heterocycles. The number of sulfonamides is 1. The molecule has 0 bridgehead atoms. The monoisotopic (exact) mass is 322 g/mol. The smallest absolute Gasteiger partial charge is 0.278 e. The van der Waals surface area contributed by atoms with E-state index in [1.807, 2.05) is 37.3 Å². The Morgan fingerprint density at radius 1 is 1.27 bits per heavy atom. The summed E-state index contributed by atoms with van der Waals surface area (Å²) in [7, 11) is -2.07. The molecule has 2 aromatic rings. The van der Waals surface area contributed by atoms with Crippen molar-refractivity contribution < 1.29 is 13.2 Å². The van der Waals surface area contributed by atoms with E-state index in [0.29, 0.717) is 13.2 Å². The average molecular weight is 322 g/mol. The van der Waals surface area contributed by atoms with Crippen LogP contribution in [0.1, 0.15) is 12.5 Å².